The van der Waals surface area contributed by atoms with Crippen molar-refractivity contribution in [2.45, 2.75) is 26.8 Å². The molecule has 1 aromatic rings. The van der Waals surface area contributed by atoms with Crippen molar-refractivity contribution in [1.29, 1.82) is 5.26 Å². The molecule has 0 aliphatic rings. The fourth-order valence-corrected chi connectivity index (χ4v) is 1.78. The first-order valence-electron chi connectivity index (χ1n) is 5.99. The Hall–Kier alpha value is -2.08. The second-order valence-corrected chi connectivity index (χ2v) is 4.27. The quantitative estimate of drug-likeness (QED) is 0.762. The van der Waals surface area contributed by atoms with Crippen LogP contribution in [0.3, 0.4) is 0 Å². The molecular weight excluding hydrogens is 224 g/mol. The van der Waals surface area contributed by atoms with Crippen LogP contribution in [0, 0.1) is 11.3 Å². The van der Waals surface area contributed by atoms with E-state index in [1.165, 1.54) is 0 Å². The molecule has 0 unspecified atom stereocenters. The van der Waals surface area contributed by atoms with Crippen LogP contribution in [0.5, 0.6) is 0 Å². The Morgan fingerprint density at radius 2 is 2.22 bits per heavy atom. The molecule has 0 heterocycles. The summed E-state index contributed by atoms with van der Waals surface area (Å²) in [5.74, 6) is 0.0270. The third-order valence-corrected chi connectivity index (χ3v) is 2.67. The van der Waals surface area contributed by atoms with E-state index in [9.17, 15) is 4.79 Å². The van der Waals surface area contributed by atoms with Crippen LogP contribution in [0.15, 0.2) is 35.9 Å². The van der Waals surface area contributed by atoms with Crippen LogP contribution in [-0.2, 0) is 11.3 Å². The lowest BCUT2D eigenvalue weighted by Gasteiger charge is -2.17. The molecule has 0 aliphatic heterocycles. The second-order valence-electron chi connectivity index (χ2n) is 4.27. The molecule has 0 N–H and O–H groups in total. The number of carbonyl (C=O) groups excluding carboxylic acids is 1. The zero-order valence-corrected chi connectivity index (χ0v) is 11.1. The lowest BCUT2D eigenvalue weighted by atomic mass is 10.1. The summed E-state index contributed by atoms with van der Waals surface area (Å²) in [5, 5.41) is 8.82. The van der Waals surface area contributed by atoms with Gasteiger partial charge in [-0.25, -0.2) is 0 Å². The molecule has 94 valence electrons. The Bertz CT molecular complexity index is 497. The standard InChI is InChI=1S/C15H18N2O/c1-4-6-12(2)15(18)17(3)11-14-8-5-7-13(9-14)10-16/h5-9H,4,11H2,1-3H3/b12-6+. The molecule has 1 aromatic carbocycles. The maximum absolute atomic E-state index is 12.0. The second kappa shape index (κ2) is 6.61. The molecule has 0 atom stereocenters. The van der Waals surface area contributed by atoms with Crippen molar-refractivity contribution in [2.75, 3.05) is 7.05 Å². The number of rotatable bonds is 4. The van der Waals surface area contributed by atoms with Crippen molar-refractivity contribution in [3.8, 4) is 6.07 Å². The number of hydrogen-bond donors (Lipinski definition) is 0. The minimum absolute atomic E-state index is 0.0270. The van der Waals surface area contributed by atoms with E-state index in [1.54, 1.807) is 18.0 Å². The van der Waals surface area contributed by atoms with Gasteiger partial charge in [0, 0.05) is 19.2 Å². The third-order valence-electron chi connectivity index (χ3n) is 2.67. The monoisotopic (exact) mass is 242 g/mol. The predicted molar refractivity (Wildman–Crippen MR) is 71.7 cm³/mol. The van der Waals surface area contributed by atoms with Crippen molar-refractivity contribution in [2.24, 2.45) is 0 Å². The van der Waals surface area contributed by atoms with Crippen LogP contribution in [0.25, 0.3) is 0 Å². The lowest BCUT2D eigenvalue weighted by molar-refractivity contribution is -0.126. The van der Waals surface area contributed by atoms with Crippen molar-refractivity contribution in [3.05, 3.63) is 47.0 Å². The van der Waals surface area contributed by atoms with Gasteiger partial charge in [0.05, 0.1) is 11.6 Å². The Kier molecular flexibility index (Phi) is 5.13. The Balaban J connectivity index is 2.75. The Labute approximate surface area is 108 Å². The highest BCUT2D eigenvalue weighted by Crippen LogP contribution is 2.09. The molecule has 0 radical (unpaired) electrons. The van der Waals surface area contributed by atoms with Gasteiger partial charge in [-0.1, -0.05) is 25.1 Å². The van der Waals surface area contributed by atoms with Gasteiger partial charge in [0.2, 0.25) is 5.91 Å². The number of amides is 1. The molecule has 0 saturated heterocycles. The molecule has 0 spiro atoms. The summed E-state index contributed by atoms with van der Waals surface area (Å²) in [5.41, 5.74) is 2.35. The van der Waals surface area contributed by atoms with Gasteiger partial charge in [0.1, 0.15) is 0 Å². The number of nitrogens with zero attached hydrogens (tertiary/aromatic N) is 2. The topological polar surface area (TPSA) is 44.1 Å². The van der Waals surface area contributed by atoms with Gasteiger partial charge < -0.3 is 4.90 Å². The van der Waals surface area contributed by atoms with Crippen molar-refractivity contribution >= 4 is 5.91 Å². The zero-order chi connectivity index (χ0) is 13.5. The molecule has 0 fully saturated rings. The fourth-order valence-electron chi connectivity index (χ4n) is 1.78. The first-order chi connectivity index (χ1) is 8.58. The SMILES string of the molecule is CC/C=C(\C)C(=O)N(C)Cc1cccc(C#N)c1. The summed E-state index contributed by atoms with van der Waals surface area (Å²) < 4.78 is 0. The average Bonchev–Trinajstić information content (AvgIpc) is 2.38. The molecule has 0 aromatic heterocycles. The maximum Gasteiger partial charge on any atom is 0.249 e. The summed E-state index contributed by atoms with van der Waals surface area (Å²) in [6, 6.07) is 9.42. The first-order valence-corrected chi connectivity index (χ1v) is 5.99. The van der Waals surface area contributed by atoms with E-state index in [0.29, 0.717) is 12.1 Å². The number of carbonyl (C=O) groups is 1. The molecule has 18 heavy (non-hydrogen) atoms. The number of allylic oxidation sites excluding steroid dienone is 1. The van der Waals surface area contributed by atoms with Gasteiger partial charge in [-0.05, 0) is 31.0 Å². The summed E-state index contributed by atoms with van der Waals surface area (Å²) in [6.07, 6.45) is 2.78. The summed E-state index contributed by atoms with van der Waals surface area (Å²) in [7, 11) is 1.77. The van der Waals surface area contributed by atoms with Crippen LogP contribution in [0.2, 0.25) is 0 Å². The average molecular weight is 242 g/mol. The molecule has 1 rings (SSSR count). The summed E-state index contributed by atoms with van der Waals surface area (Å²) >= 11 is 0. The molecule has 0 saturated carbocycles. The van der Waals surface area contributed by atoms with Gasteiger partial charge in [0.15, 0.2) is 0 Å². The van der Waals surface area contributed by atoms with Gasteiger partial charge in [0.25, 0.3) is 0 Å². The van der Waals surface area contributed by atoms with Crippen molar-refractivity contribution < 1.29 is 4.79 Å². The van der Waals surface area contributed by atoms with Crippen LogP contribution in [-0.4, -0.2) is 17.9 Å². The minimum Gasteiger partial charge on any atom is -0.338 e. The summed E-state index contributed by atoms with van der Waals surface area (Å²) in [6.45, 7) is 4.35. The number of nitriles is 1. The van der Waals surface area contributed by atoms with E-state index in [2.05, 4.69) is 6.07 Å². The van der Waals surface area contributed by atoms with E-state index < -0.39 is 0 Å². The molecule has 1 amide bonds. The highest BCUT2D eigenvalue weighted by Gasteiger charge is 2.10. The first kappa shape index (κ1) is 14.0. The van der Waals surface area contributed by atoms with Crippen molar-refractivity contribution in [3.63, 3.8) is 0 Å². The molecular formula is C15H18N2O. The largest absolute Gasteiger partial charge is 0.338 e. The highest BCUT2D eigenvalue weighted by atomic mass is 16.2. The zero-order valence-electron chi connectivity index (χ0n) is 11.1. The van der Waals surface area contributed by atoms with E-state index >= 15 is 0 Å². The van der Waals surface area contributed by atoms with Gasteiger partial charge in [-0.3, -0.25) is 4.79 Å². The van der Waals surface area contributed by atoms with Crippen LogP contribution < -0.4 is 0 Å². The fraction of sp³-hybridized carbons (Fsp3) is 0.333. The van der Waals surface area contributed by atoms with Crippen LogP contribution >= 0.6 is 0 Å². The molecule has 0 aliphatic carbocycles. The number of likely N-dealkylation sites (N-methyl/N-ethyl adjacent to an activating group) is 1. The van der Waals surface area contributed by atoms with Crippen LogP contribution in [0.4, 0.5) is 0 Å². The Morgan fingerprint density at radius 1 is 1.50 bits per heavy atom. The third kappa shape index (κ3) is 3.74. The van der Waals surface area contributed by atoms with Gasteiger partial charge in [-0.2, -0.15) is 5.26 Å². The molecule has 3 nitrogen and oxygen atoms in total. The van der Waals surface area contributed by atoms with E-state index in [-0.39, 0.29) is 5.91 Å². The van der Waals surface area contributed by atoms with E-state index in [4.69, 9.17) is 5.26 Å². The van der Waals surface area contributed by atoms with Crippen LogP contribution in [0.1, 0.15) is 31.4 Å². The Morgan fingerprint density at radius 3 is 2.83 bits per heavy atom. The minimum atomic E-state index is 0.0270. The van der Waals surface area contributed by atoms with Gasteiger partial charge in [-0.15, -0.1) is 0 Å². The lowest BCUT2D eigenvalue weighted by Crippen LogP contribution is -2.26. The highest BCUT2D eigenvalue weighted by molar-refractivity contribution is 5.92. The molecule has 3 heteroatoms. The van der Waals surface area contributed by atoms with E-state index in [1.807, 2.05) is 38.1 Å². The van der Waals surface area contributed by atoms with Crippen molar-refractivity contribution in [1.82, 2.24) is 4.90 Å². The normalized spacial score (nSPS) is 10.9. The van der Waals surface area contributed by atoms with E-state index in [0.717, 1.165) is 17.6 Å². The summed E-state index contributed by atoms with van der Waals surface area (Å²) in [4.78, 5) is 13.6. The maximum atomic E-state index is 12.0. The molecule has 0 bridgehead atoms. The number of hydrogen-bond acceptors (Lipinski definition) is 2. The number of benzene rings is 1. The predicted octanol–water partition coefficient (Wildman–Crippen LogP) is 2.87. The van der Waals surface area contributed by atoms with Gasteiger partial charge >= 0.3 is 0 Å². The smallest absolute Gasteiger partial charge is 0.249 e.